The summed E-state index contributed by atoms with van der Waals surface area (Å²) in [5.41, 5.74) is 15.6. The van der Waals surface area contributed by atoms with Crippen molar-refractivity contribution in [3.63, 3.8) is 0 Å². The largest absolute Gasteiger partial charge is 0.444 e. The topological polar surface area (TPSA) is 146 Å². The van der Waals surface area contributed by atoms with E-state index < -0.39 is 17.7 Å². The van der Waals surface area contributed by atoms with Gasteiger partial charge in [-0.1, -0.05) is 65.8 Å². The normalized spacial score (nSPS) is 17.1. The van der Waals surface area contributed by atoms with Crippen LogP contribution in [0.5, 0.6) is 0 Å². The lowest BCUT2D eigenvalue weighted by molar-refractivity contribution is 0.0495. The molecule has 2 aromatic carbocycles. The average molecular weight is 470 g/mol. The van der Waals surface area contributed by atoms with E-state index in [4.69, 9.17) is 20.7 Å². The quantitative estimate of drug-likeness (QED) is 0.222. The molecule has 2 unspecified atom stereocenters. The van der Waals surface area contributed by atoms with E-state index in [-0.39, 0.29) is 24.8 Å². The number of carbonyl (C=O) groups is 1. The van der Waals surface area contributed by atoms with Gasteiger partial charge in [0.15, 0.2) is 0 Å². The Kier molecular flexibility index (Phi) is 10.8. The third-order valence-electron chi connectivity index (χ3n) is 4.95. The Morgan fingerprint density at radius 2 is 1.71 bits per heavy atom. The molecule has 0 aromatic heterocycles. The first-order valence-corrected chi connectivity index (χ1v) is 11.3. The lowest BCUT2D eigenvalue weighted by Crippen LogP contribution is -2.43. The van der Waals surface area contributed by atoms with Crippen molar-refractivity contribution in [1.29, 1.82) is 0 Å². The highest BCUT2D eigenvalue weighted by molar-refractivity contribution is 5.68. The molecule has 4 N–H and O–H groups in total. The second-order valence-electron chi connectivity index (χ2n) is 9.15. The Hall–Kier alpha value is -3.10. The molecular formula is C25H35N5O4. The highest BCUT2D eigenvalue weighted by Gasteiger charge is 2.34. The molecule has 1 aliphatic rings. The molecule has 2 aromatic rings. The molecule has 1 heterocycles. The van der Waals surface area contributed by atoms with Gasteiger partial charge in [0, 0.05) is 11.0 Å². The maximum absolute atomic E-state index is 11.8. The van der Waals surface area contributed by atoms with E-state index in [0.29, 0.717) is 13.0 Å². The second kappa shape index (κ2) is 13.6. The number of aliphatic hydroxyl groups is 1. The van der Waals surface area contributed by atoms with Crippen molar-refractivity contribution in [1.82, 2.24) is 5.32 Å². The van der Waals surface area contributed by atoms with Crippen molar-refractivity contribution >= 4 is 6.09 Å². The van der Waals surface area contributed by atoms with E-state index in [9.17, 15) is 9.90 Å². The zero-order valence-corrected chi connectivity index (χ0v) is 20.0. The van der Waals surface area contributed by atoms with Crippen LogP contribution in [0.2, 0.25) is 0 Å². The summed E-state index contributed by atoms with van der Waals surface area (Å²) in [6, 6.07) is 19.3. The SMILES string of the molecule is CC(C)(C)OC(=O)N[C@@H](Cc1ccccc1)C1CO1.[N-]=[N+]=NCC(O)[C@@H](N)Cc1ccccc1. The van der Waals surface area contributed by atoms with Gasteiger partial charge in [0.05, 0.1) is 25.3 Å². The van der Waals surface area contributed by atoms with Crippen molar-refractivity contribution in [2.75, 3.05) is 13.2 Å². The van der Waals surface area contributed by atoms with Crippen molar-refractivity contribution in [3.05, 3.63) is 82.2 Å². The Morgan fingerprint density at radius 3 is 2.18 bits per heavy atom. The fourth-order valence-corrected chi connectivity index (χ4v) is 3.17. The lowest BCUT2D eigenvalue weighted by Gasteiger charge is -2.23. The fourth-order valence-electron chi connectivity index (χ4n) is 3.17. The molecule has 0 aliphatic carbocycles. The first-order valence-electron chi connectivity index (χ1n) is 11.3. The number of nitrogens with zero attached hydrogens (tertiary/aromatic N) is 3. The number of nitrogens with two attached hydrogens (primary N) is 1. The van der Waals surface area contributed by atoms with Crippen LogP contribution >= 0.6 is 0 Å². The van der Waals surface area contributed by atoms with Gasteiger partial charge in [-0.05, 0) is 50.3 Å². The molecule has 1 saturated heterocycles. The molecule has 0 bridgehead atoms. The molecule has 9 heteroatoms. The van der Waals surface area contributed by atoms with Crippen molar-refractivity contribution in [3.8, 4) is 0 Å². The summed E-state index contributed by atoms with van der Waals surface area (Å²) in [5, 5.41) is 15.7. The van der Waals surface area contributed by atoms with Crippen molar-refractivity contribution in [2.45, 2.75) is 63.5 Å². The van der Waals surface area contributed by atoms with Crippen LogP contribution in [-0.2, 0) is 22.3 Å². The summed E-state index contributed by atoms with van der Waals surface area (Å²) < 4.78 is 10.6. The summed E-state index contributed by atoms with van der Waals surface area (Å²) in [4.78, 5) is 14.4. The van der Waals surface area contributed by atoms with Gasteiger partial charge in [0.25, 0.3) is 0 Å². The monoisotopic (exact) mass is 469 g/mol. The molecule has 4 atom stereocenters. The minimum Gasteiger partial charge on any atom is -0.444 e. The number of alkyl carbamates (subject to hydrolysis) is 1. The lowest BCUT2D eigenvalue weighted by atomic mass is 10.0. The van der Waals surface area contributed by atoms with Gasteiger partial charge < -0.3 is 25.6 Å². The third kappa shape index (κ3) is 11.2. The smallest absolute Gasteiger partial charge is 0.407 e. The van der Waals surface area contributed by atoms with Crippen LogP contribution in [0, 0.1) is 0 Å². The number of aliphatic hydroxyl groups excluding tert-OH is 1. The van der Waals surface area contributed by atoms with Gasteiger partial charge in [-0.25, -0.2) is 4.79 Å². The standard InChI is InChI=1S/C15H21NO3.C10H14N4O/c1-15(2,3)19-14(17)16-12(13-10-18-13)9-11-7-5-4-6-8-11;11-9(10(15)7-13-14-12)6-8-4-2-1-3-5-8/h4-8,12-13H,9-10H2,1-3H3,(H,16,17);1-5,9-10,15H,6-7,11H2/t12-,13?;9-,10?/m00/s1. The first-order chi connectivity index (χ1) is 16.2. The number of amides is 1. The number of epoxide rings is 1. The van der Waals surface area contributed by atoms with E-state index in [1.807, 2.05) is 81.4 Å². The molecule has 9 nitrogen and oxygen atoms in total. The van der Waals surface area contributed by atoms with Crippen LogP contribution in [0.15, 0.2) is 65.8 Å². The highest BCUT2D eigenvalue weighted by Crippen LogP contribution is 2.19. The first kappa shape index (κ1) is 27.1. The Labute approximate surface area is 200 Å². The van der Waals surface area contributed by atoms with Gasteiger partial charge in [-0.3, -0.25) is 0 Å². The van der Waals surface area contributed by atoms with Gasteiger partial charge in [0.1, 0.15) is 11.7 Å². The third-order valence-corrected chi connectivity index (χ3v) is 4.95. The second-order valence-corrected chi connectivity index (χ2v) is 9.15. The number of benzene rings is 2. The van der Waals surface area contributed by atoms with Crippen molar-refractivity contribution < 1.29 is 19.4 Å². The van der Waals surface area contributed by atoms with Gasteiger partial charge in [0.2, 0.25) is 0 Å². The molecule has 0 radical (unpaired) electrons. The summed E-state index contributed by atoms with van der Waals surface area (Å²) >= 11 is 0. The van der Waals surface area contributed by atoms with Gasteiger partial charge in [-0.15, -0.1) is 0 Å². The maximum Gasteiger partial charge on any atom is 0.407 e. The van der Waals surface area contributed by atoms with E-state index in [2.05, 4.69) is 15.3 Å². The number of nitrogens with one attached hydrogen (secondary N) is 1. The van der Waals surface area contributed by atoms with Crippen LogP contribution in [-0.4, -0.2) is 54.2 Å². The molecular weight excluding hydrogens is 434 g/mol. The minimum atomic E-state index is -0.791. The number of hydrogen-bond acceptors (Lipinski definition) is 6. The zero-order chi connectivity index (χ0) is 25.0. The Balaban J connectivity index is 0.000000248. The van der Waals surface area contributed by atoms with Crippen LogP contribution in [0.3, 0.4) is 0 Å². The molecule has 3 rings (SSSR count). The summed E-state index contributed by atoms with van der Waals surface area (Å²) in [7, 11) is 0. The van der Waals surface area contributed by atoms with E-state index >= 15 is 0 Å². The van der Waals surface area contributed by atoms with Crippen LogP contribution < -0.4 is 11.1 Å². The molecule has 1 amide bonds. The van der Waals surface area contributed by atoms with Crippen molar-refractivity contribution in [2.24, 2.45) is 10.8 Å². The molecule has 34 heavy (non-hydrogen) atoms. The van der Waals surface area contributed by atoms with Gasteiger partial charge >= 0.3 is 6.09 Å². The number of carbonyl (C=O) groups excluding carboxylic acids is 1. The van der Waals surface area contributed by atoms with E-state index in [0.717, 1.165) is 12.0 Å². The zero-order valence-electron chi connectivity index (χ0n) is 20.0. The number of azide groups is 1. The summed E-state index contributed by atoms with van der Waals surface area (Å²) in [6.07, 6.45) is 0.256. The van der Waals surface area contributed by atoms with Crippen LogP contribution in [0.25, 0.3) is 10.4 Å². The molecule has 1 aliphatic heterocycles. The Morgan fingerprint density at radius 1 is 1.18 bits per heavy atom. The highest BCUT2D eigenvalue weighted by atomic mass is 16.6. The van der Waals surface area contributed by atoms with Gasteiger partial charge in [-0.2, -0.15) is 0 Å². The number of hydrogen-bond donors (Lipinski definition) is 3. The van der Waals surface area contributed by atoms with Crippen LogP contribution in [0.4, 0.5) is 4.79 Å². The molecule has 0 spiro atoms. The fraction of sp³-hybridized carbons (Fsp3) is 0.480. The average Bonchev–Trinajstić information content (AvgIpc) is 3.63. The minimum absolute atomic E-state index is 0.0184. The summed E-state index contributed by atoms with van der Waals surface area (Å²) in [6.45, 7) is 6.28. The molecule has 0 saturated carbocycles. The summed E-state index contributed by atoms with van der Waals surface area (Å²) in [5.74, 6) is 0. The predicted octanol–water partition coefficient (Wildman–Crippen LogP) is 3.75. The predicted molar refractivity (Wildman–Crippen MR) is 131 cm³/mol. The maximum atomic E-state index is 11.8. The Bertz CT molecular complexity index is 910. The van der Waals surface area contributed by atoms with Crippen LogP contribution in [0.1, 0.15) is 31.9 Å². The molecule has 184 valence electrons. The number of ether oxygens (including phenoxy) is 2. The van der Waals surface area contributed by atoms with E-state index in [1.54, 1.807) is 0 Å². The molecule has 1 fully saturated rings. The number of rotatable bonds is 9. The van der Waals surface area contributed by atoms with E-state index in [1.165, 1.54) is 5.56 Å².